The third-order valence-corrected chi connectivity index (χ3v) is 3.90. The Hall–Kier alpha value is -3.18. The van der Waals surface area contributed by atoms with Crippen LogP contribution in [0.1, 0.15) is 32.8 Å². The van der Waals surface area contributed by atoms with Gasteiger partial charge in [0, 0.05) is 17.3 Å². The fourth-order valence-electron chi connectivity index (χ4n) is 2.96. The monoisotopic (exact) mass is 386 g/mol. The molecule has 0 fully saturated rings. The fourth-order valence-corrected chi connectivity index (χ4v) is 2.96. The molecule has 1 aromatic carbocycles. The minimum Gasteiger partial charge on any atom is -0.490 e. The topological polar surface area (TPSA) is 124 Å². The van der Waals surface area contributed by atoms with Crippen LogP contribution in [0.2, 0.25) is 0 Å². The van der Waals surface area contributed by atoms with Gasteiger partial charge in [-0.2, -0.15) is 5.26 Å². The quantitative estimate of drug-likeness (QED) is 0.752. The highest BCUT2D eigenvalue weighted by molar-refractivity contribution is 5.71. The third kappa shape index (κ3) is 5.41. The van der Waals surface area contributed by atoms with Gasteiger partial charge in [-0.15, -0.1) is 0 Å². The molecule has 0 unspecified atom stereocenters. The zero-order chi connectivity index (χ0) is 20.9. The lowest BCUT2D eigenvalue weighted by molar-refractivity contribution is 0.206. The van der Waals surface area contributed by atoms with Gasteiger partial charge < -0.3 is 20.9 Å². The number of carbonyl (C=O) groups excluding carboxylic acids is 1. The number of primary amides is 1. The van der Waals surface area contributed by atoms with Gasteiger partial charge >= 0.3 is 6.09 Å². The Kier molecular flexibility index (Phi) is 6.54. The Morgan fingerprint density at radius 3 is 2.71 bits per heavy atom. The first-order chi connectivity index (χ1) is 13.1. The highest BCUT2D eigenvalue weighted by atomic mass is 19.1. The van der Waals surface area contributed by atoms with Crippen LogP contribution in [-0.4, -0.2) is 23.2 Å². The van der Waals surface area contributed by atoms with E-state index >= 15 is 0 Å². The molecule has 148 valence electrons. The van der Waals surface area contributed by atoms with Crippen LogP contribution < -0.4 is 20.9 Å². The second-order valence-electron chi connectivity index (χ2n) is 7.26. The smallest absolute Gasteiger partial charge is 0.411 e. The van der Waals surface area contributed by atoms with Crippen LogP contribution in [0, 0.1) is 23.1 Å². The van der Waals surface area contributed by atoms with Crippen LogP contribution in [0.15, 0.2) is 30.5 Å². The molecule has 2 rings (SSSR count). The van der Waals surface area contributed by atoms with Crippen molar-refractivity contribution in [3.05, 3.63) is 41.8 Å². The number of pyridine rings is 1. The first-order valence-corrected chi connectivity index (χ1v) is 8.71. The largest absolute Gasteiger partial charge is 0.490 e. The molecule has 1 atom stereocenters. The molecule has 1 aromatic heterocycles. The van der Waals surface area contributed by atoms with Crippen molar-refractivity contribution >= 4 is 6.09 Å². The van der Waals surface area contributed by atoms with E-state index in [4.69, 9.17) is 16.2 Å². The van der Waals surface area contributed by atoms with E-state index < -0.39 is 23.3 Å². The number of benzene rings is 1. The van der Waals surface area contributed by atoms with Gasteiger partial charge in [0.15, 0.2) is 5.82 Å². The van der Waals surface area contributed by atoms with Crippen molar-refractivity contribution in [2.45, 2.75) is 32.7 Å². The molecular formula is C20H23FN4O3. The van der Waals surface area contributed by atoms with Crippen molar-refractivity contribution in [2.75, 3.05) is 6.61 Å². The van der Waals surface area contributed by atoms with E-state index in [2.05, 4.69) is 23.6 Å². The zero-order valence-electron chi connectivity index (χ0n) is 16.0. The van der Waals surface area contributed by atoms with Crippen molar-refractivity contribution in [2.24, 2.45) is 17.4 Å². The molecule has 2 aromatic rings. The maximum Gasteiger partial charge on any atom is 0.411 e. The molecule has 0 bridgehead atoms. The van der Waals surface area contributed by atoms with E-state index in [-0.39, 0.29) is 17.7 Å². The molecule has 4 N–H and O–H groups in total. The second-order valence-corrected chi connectivity index (χ2v) is 7.26. The van der Waals surface area contributed by atoms with E-state index in [9.17, 15) is 14.4 Å². The van der Waals surface area contributed by atoms with Gasteiger partial charge in [-0.1, -0.05) is 19.9 Å². The standard InChI is InChI=1S/C20H23FN4O3/c1-12(2)9-20(3,24)11-27-16-5-4-13(8-14(16)10-22)15-6-7-25-18(17(15)21)28-19(23)26/h4-8,12H,9,11,24H2,1-3H3,(H2,23,26)/t20-/m0/s1. The van der Waals surface area contributed by atoms with Crippen molar-refractivity contribution in [1.82, 2.24) is 4.98 Å². The Bertz CT molecular complexity index is 907. The van der Waals surface area contributed by atoms with E-state index in [1.165, 1.54) is 18.3 Å². The number of hydrogen-bond donors (Lipinski definition) is 2. The third-order valence-electron chi connectivity index (χ3n) is 3.90. The fraction of sp³-hybridized carbons (Fsp3) is 0.350. The Balaban J connectivity index is 2.29. The van der Waals surface area contributed by atoms with E-state index in [1.807, 2.05) is 13.0 Å². The van der Waals surface area contributed by atoms with Gasteiger partial charge in [-0.25, -0.2) is 14.2 Å². The van der Waals surface area contributed by atoms with E-state index in [1.54, 1.807) is 12.1 Å². The van der Waals surface area contributed by atoms with Gasteiger partial charge in [-0.3, -0.25) is 0 Å². The van der Waals surface area contributed by atoms with Crippen LogP contribution in [0.4, 0.5) is 9.18 Å². The summed E-state index contributed by atoms with van der Waals surface area (Å²) in [5.41, 5.74) is 11.3. The second kappa shape index (κ2) is 8.67. The number of halogens is 1. The molecule has 1 heterocycles. The van der Waals surface area contributed by atoms with Crippen LogP contribution in [-0.2, 0) is 0 Å². The van der Waals surface area contributed by atoms with Crippen molar-refractivity contribution in [3.8, 4) is 28.8 Å². The van der Waals surface area contributed by atoms with Crippen molar-refractivity contribution in [3.63, 3.8) is 0 Å². The number of nitrogens with zero attached hydrogens (tertiary/aromatic N) is 2. The summed E-state index contributed by atoms with van der Waals surface area (Å²) in [6.07, 6.45) is 0.868. The highest BCUT2D eigenvalue weighted by Crippen LogP contribution is 2.31. The summed E-state index contributed by atoms with van der Waals surface area (Å²) in [7, 11) is 0. The molecule has 0 aliphatic heterocycles. The zero-order valence-corrected chi connectivity index (χ0v) is 16.0. The summed E-state index contributed by atoms with van der Waals surface area (Å²) in [6.45, 7) is 6.26. The number of nitrogens with two attached hydrogens (primary N) is 2. The van der Waals surface area contributed by atoms with Gasteiger partial charge in [0.1, 0.15) is 18.4 Å². The van der Waals surface area contributed by atoms with Gasteiger partial charge in [0.2, 0.25) is 0 Å². The Labute approximate surface area is 163 Å². The maximum atomic E-state index is 14.6. The summed E-state index contributed by atoms with van der Waals surface area (Å²) in [5, 5.41) is 9.45. The minimum atomic E-state index is -1.17. The normalized spacial score (nSPS) is 12.9. The molecule has 0 radical (unpaired) electrons. The predicted octanol–water partition coefficient (Wildman–Crippen LogP) is 3.36. The lowest BCUT2D eigenvalue weighted by Crippen LogP contribution is -2.43. The number of nitriles is 1. The molecule has 7 nitrogen and oxygen atoms in total. The number of ether oxygens (including phenoxy) is 2. The highest BCUT2D eigenvalue weighted by Gasteiger charge is 2.22. The summed E-state index contributed by atoms with van der Waals surface area (Å²) in [5.74, 6) is -0.626. The molecule has 0 spiro atoms. The van der Waals surface area contributed by atoms with Crippen molar-refractivity contribution < 1.29 is 18.7 Å². The number of amides is 1. The molecule has 0 aliphatic rings. The average Bonchev–Trinajstić information content (AvgIpc) is 2.60. The molecule has 0 saturated heterocycles. The van der Waals surface area contributed by atoms with Crippen LogP contribution >= 0.6 is 0 Å². The van der Waals surface area contributed by atoms with Crippen LogP contribution in [0.25, 0.3) is 11.1 Å². The molecular weight excluding hydrogens is 363 g/mol. The van der Waals surface area contributed by atoms with Gasteiger partial charge in [0.25, 0.3) is 5.88 Å². The SMILES string of the molecule is CC(C)C[C@](C)(N)COc1ccc(-c2ccnc(OC(N)=O)c2F)cc1C#N. The van der Waals surface area contributed by atoms with E-state index in [0.717, 1.165) is 6.42 Å². The lowest BCUT2D eigenvalue weighted by Gasteiger charge is -2.26. The summed E-state index contributed by atoms with van der Waals surface area (Å²) >= 11 is 0. The molecule has 8 heteroatoms. The molecule has 28 heavy (non-hydrogen) atoms. The van der Waals surface area contributed by atoms with Crippen LogP contribution in [0.5, 0.6) is 11.6 Å². The first-order valence-electron chi connectivity index (χ1n) is 8.71. The summed E-state index contributed by atoms with van der Waals surface area (Å²) < 4.78 is 24.9. The predicted molar refractivity (Wildman–Crippen MR) is 102 cm³/mol. The number of aromatic nitrogens is 1. The van der Waals surface area contributed by atoms with Crippen molar-refractivity contribution in [1.29, 1.82) is 5.26 Å². The Morgan fingerprint density at radius 2 is 2.11 bits per heavy atom. The summed E-state index contributed by atoms with van der Waals surface area (Å²) in [4.78, 5) is 14.5. The first kappa shape index (κ1) is 21.1. The minimum absolute atomic E-state index is 0.109. The van der Waals surface area contributed by atoms with E-state index in [0.29, 0.717) is 17.2 Å². The van der Waals surface area contributed by atoms with Gasteiger partial charge in [-0.05, 0) is 43.0 Å². The molecule has 1 amide bonds. The number of rotatable bonds is 7. The number of hydrogen-bond acceptors (Lipinski definition) is 6. The van der Waals surface area contributed by atoms with Gasteiger partial charge in [0.05, 0.1) is 5.56 Å². The molecule has 0 aliphatic carbocycles. The maximum absolute atomic E-state index is 14.6. The summed E-state index contributed by atoms with van der Waals surface area (Å²) in [6, 6.07) is 8.10. The lowest BCUT2D eigenvalue weighted by atomic mass is 9.93. The Morgan fingerprint density at radius 1 is 1.39 bits per heavy atom. The number of carbonyl (C=O) groups is 1. The van der Waals surface area contributed by atoms with Crippen LogP contribution in [0.3, 0.4) is 0 Å². The average molecular weight is 386 g/mol. The molecule has 0 saturated carbocycles.